The van der Waals surface area contributed by atoms with Crippen LogP contribution in [0.25, 0.3) is 0 Å². The number of nitrogens with one attached hydrogen (secondary N) is 1. The Morgan fingerprint density at radius 1 is 1.30 bits per heavy atom. The Bertz CT molecular complexity index is 691. The molecule has 0 unspecified atom stereocenters. The summed E-state index contributed by atoms with van der Waals surface area (Å²) in [6, 6.07) is 7.29. The Kier molecular flexibility index (Phi) is 3.74. The number of ether oxygens (including phenoxy) is 1. The molecule has 20 heavy (non-hydrogen) atoms. The molecule has 1 aromatic carbocycles. The van der Waals surface area contributed by atoms with Crippen molar-refractivity contribution in [2.45, 2.75) is 13.2 Å². The molecular weight excluding hydrogens is 344 g/mol. The number of hydrogen-bond donors (Lipinski definition) is 1. The third-order valence-electron chi connectivity index (χ3n) is 3.04. The van der Waals surface area contributed by atoms with Gasteiger partial charge in [-0.3, -0.25) is 4.79 Å². The molecule has 1 amide bonds. The number of fused-ring (bicyclic) bond motifs is 1. The molecule has 1 aliphatic rings. The highest BCUT2D eigenvalue weighted by Crippen LogP contribution is 2.24. The van der Waals surface area contributed by atoms with Gasteiger partial charge in [0, 0.05) is 5.56 Å². The third-order valence-corrected chi connectivity index (χ3v) is 4.17. The number of rotatable bonds is 2. The Hall–Kier alpha value is -1.43. The Balaban J connectivity index is 1.80. The standard InChI is InChI=1S/C14H10BrClN2O2/c15-12-4-11(5-17-13(12)16)18-14(19)8-1-2-9-6-20-7-10(9)3-8/h1-5H,6-7H2,(H,18,19). The van der Waals surface area contributed by atoms with E-state index < -0.39 is 0 Å². The van der Waals surface area contributed by atoms with Gasteiger partial charge >= 0.3 is 0 Å². The first-order valence-electron chi connectivity index (χ1n) is 5.95. The third kappa shape index (κ3) is 2.70. The fourth-order valence-electron chi connectivity index (χ4n) is 2.01. The van der Waals surface area contributed by atoms with Crippen LogP contribution >= 0.6 is 27.5 Å². The zero-order chi connectivity index (χ0) is 14.1. The molecule has 0 aliphatic carbocycles. The van der Waals surface area contributed by atoms with Crippen molar-refractivity contribution in [3.05, 3.63) is 56.8 Å². The first-order valence-corrected chi connectivity index (χ1v) is 7.12. The average molecular weight is 354 g/mol. The maximum Gasteiger partial charge on any atom is 0.255 e. The van der Waals surface area contributed by atoms with Gasteiger partial charge in [-0.2, -0.15) is 0 Å². The minimum atomic E-state index is -0.185. The smallest absolute Gasteiger partial charge is 0.255 e. The fraction of sp³-hybridized carbons (Fsp3) is 0.143. The summed E-state index contributed by atoms with van der Waals surface area (Å²) in [4.78, 5) is 16.1. The molecule has 1 N–H and O–H groups in total. The Labute approximate surface area is 129 Å². The molecule has 102 valence electrons. The molecule has 6 heteroatoms. The lowest BCUT2D eigenvalue weighted by atomic mass is 10.1. The molecule has 0 fully saturated rings. The number of carbonyl (C=O) groups is 1. The number of amides is 1. The van der Waals surface area contributed by atoms with E-state index in [1.165, 1.54) is 6.20 Å². The molecule has 0 atom stereocenters. The Morgan fingerprint density at radius 2 is 2.10 bits per heavy atom. The van der Waals surface area contributed by atoms with E-state index in [2.05, 4.69) is 26.2 Å². The summed E-state index contributed by atoms with van der Waals surface area (Å²) in [5.74, 6) is -0.185. The number of anilines is 1. The molecule has 4 nitrogen and oxygen atoms in total. The van der Waals surface area contributed by atoms with Crippen LogP contribution in [0, 0.1) is 0 Å². The second-order valence-corrected chi connectivity index (χ2v) is 5.64. The lowest BCUT2D eigenvalue weighted by Crippen LogP contribution is -2.12. The lowest BCUT2D eigenvalue weighted by molar-refractivity contribution is 0.102. The summed E-state index contributed by atoms with van der Waals surface area (Å²) in [7, 11) is 0. The van der Waals surface area contributed by atoms with Crippen molar-refractivity contribution in [1.29, 1.82) is 0 Å². The highest BCUT2D eigenvalue weighted by Gasteiger charge is 2.14. The monoisotopic (exact) mass is 352 g/mol. The van der Waals surface area contributed by atoms with Gasteiger partial charge < -0.3 is 10.1 Å². The molecule has 2 aromatic rings. The molecule has 0 spiro atoms. The number of aromatic nitrogens is 1. The number of pyridine rings is 1. The summed E-state index contributed by atoms with van der Waals surface area (Å²) in [6.45, 7) is 1.18. The van der Waals surface area contributed by atoms with E-state index in [9.17, 15) is 4.79 Å². The Morgan fingerprint density at radius 3 is 2.90 bits per heavy atom. The molecule has 3 rings (SSSR count). The minimum Gasteiger partial charge on any atom is -0.372 e. The minimum absolute atomic E-state index is 0.185. The van der Waals surface area contributed by atoms with Crippen molar-refractivity contribution in [3.63, 3.8) is 0 Å². The van der Waals surface area contributed by atoms with E-state index in [1.54, 1.807) is 12.1 Å². The van der Waals surface area contributed by atoms with Crippen molar-refractivity contribution in [2.24, 2.45) is 0 Å². The molecule has 0 saturated carbocycles. The number of benzene rings is 1. The quantitative estimate of drug-likeness (QED) is 0.836. The second kappa shape index (κ2) is 5.52. The normalized spacial score (nSPS) is 13.1. The van der Waals surface area contributed by atoms with E-state index in [0.29, 0.717) is 34.1 Å². The van der Waals surface area contributed by atoms with Gasteiger partial charge in [0.05, 0.1) is 29.6 Å². The highest BCUT2D eigenvalue weighted by molar-refractivity contribution is 9.10. The predicted octanol–water partition coefficient (Wildman–Crippen LogP) is 3.78. The summed E-state index contributed by atoms with van der Waals surface area (Å²) in [5.41, 5.74) is 3.38. The lowest BCUT2D eigenvalue weighted by Gasteiger charge is -2.07. The maximum absolute atomic E-state index is 12.2. The van der Waals surface area contributed by atoms with Crippen LogP contribution in [-0.4, -0.2) is 10.9 Å². The molecule has 0 radical (unpaired) electrons. The van der Waals surface area contributed by atoms with Gasteiger partial charge in [-0.15, -0.1) is 0 Å². The highest BCUT2D eigenvalue weighted by atomic mass is 79.9. The molecule has 1 aliphatic heterocycles. The van der Waals surface area contributed by atoms with Gasteiger partial charge in [0.2, 0.25) is 0 Å². The van der Waals surface area contributed by atoms with Crippen LogP contribution in [0.3, 0.4) is 0 Å². The van der Waals surface area contributed by atoms with Crippen molar-refractivity contribution in [2.75, 3.05) is 5.32 Å². The average Bonchev–Trinajstić information content (AvgIpc) is 2.90. The molecule has 0 saturated heterocycles. The summed E-state index contributed by atoms with van der Waals surface area (Å²) >= 11 is 9.08. The summed E-state index contributed by atoms with van der Waals surface area (Å²) in [5, 5.41) is 3.15. The zero-order valence-corrected chi connectivity index (χ0v) is 12.7. The maximum atomic E-state index is 12.2. The first-order chi connectivity index (χ1) is 9.63. The molecule has 2 heterocycles. The SMILES string of the molecule is O=C(Nc1cnc(Cl)c(Br)c1)c1ccc2c(c1)COC2. The van der Waals surface area contributed by atoms with Crippen LogP contribution in [0.15, 0.2) is 34.9 Å². The van der Waals surface area contributed by atoms with Crippen molar-refractivity contribution < 1.29 is 9.53 Å². The first kappa shape index (κ1) is 13.5. The summed E-state index contributed by atoms with van der Waals surface area (Å²) in [6.07, 6.45) is 1.52. The van der Waals surface area contributed by atoms with Crippen LogP contribution in [0.5, 0.6) is 0 Å². The van der Waals surface area contributed by atoms with Gasteiger partial charge in [0.25, 0.3) is 5.91 Å². The van der Waals surface area contributed by atoms with Crippen molar-refractivity contribution in [3.8, 4) is 0 Å². The predicted molar refractivity (Wildman–Crippen MR) is 79.8 cm³/mol. The molecule has 0 bridgehead atoms. The van der Waals surface area contributed by atoms with Crippen LogP contribution in [0.4, 0.5) is 5.69 Å². The van der Waals surface area contributed by atoms with E-state index in [-0.39, 0.29) is 5.91 Å². The topological polar surface area (TPSA) is 51.2 Å². The van der Waals surface area contributed by atoms with Gasteiger partial charge in [0.1, 0.15) is 5.15 Å². The van der Waals surface area contributed by atoms with Crippen LogP contribution in [0.1, 0.15) is 21.5 Å². The molecule has 1 aromatic heterocycles. The summed E-state index contributed by atoms with van der Waals surface area (Å²) < 4.78 is 5.97. The van der Waals surface area contributed by atoms with E-state index in [4.69, 9.17) is 16.3 Å². The molecular formula is C14H10BrClN2O2. The van der Waals surface area contributed by atoms with E-state index in [0.717, 1.165) is 11.1 Å². The fourth-order valence-corrected chi connectivity index (χ4v) is 2.46. The van der Waals surface area contributed by atoms with E-state index >= 15 is 0 Å². The largest absolute Gasteiger partial charge is 0.372 e. The van der Waals surface area contributed by atoms with E-state index in [1.807, 2.05) is 12.1 Å². The van der Waals surface area contributed by atoms with Gasteiger partial charge in [-0.1, -0.05) is 17.7 Å². The van der Waals surface area contributed by atoms with Gasteiger partial charge in [-0.05, 0) is 45.3 Å². The number of hydrogen-bond acceptors (Lipinski definition) is 3. The van der Waals surface area contributed by atoms with Crippen LogP contribution in [-0.2, 0) is 18.0 Å². The van der Waals surface area contributed by atoms with Crippen molar-refractivity contribution >= 4 is 39.1 Å². The van der Waals surface area contributed by atoms with Crippen LogP contribution in [0.2, 0.25) is 5.15 Å². The number of carbonyl (C=O) groups excluding carboxylic acids is 1. The second-order valence-electron chi connectivity index (χ2n) is 4.43. The number of halogens is 2. The van der Waals surface area contributed by atoms with Gasteiger partial charge in [0.15, 0.2) is 0 Å². The van der Waals surface area contributed by atoms with Gasteiger partial charge in [-0.25, -0.2) is 4.98 Å². The van der Waals surface area contributed by atoms with Crippen LogP contribution < -0.4 is 5.32 Å². The zero-order valence-electron chi connectivity index (χ0n) is 10.3. The number of nitrogens with zero attached hydrogens (tertiary/aromatic N) is 1. The van der Waals surface area contributed by atoms with Crippen molar-refractivity contribution in [1.82, 2.24) is 4.98 Å².